The van der Waals surface area contributed by atoms with Crippen molar-refractivity contribution >= 4 is 21.7 Å². The van der Waals surface area contributed by atoms with Gasteiger partial charge in [-0.1, -0.05) is 13.8 Å². The Bertz CT molecular complexity index is 613. The van der Waals surface area contributed by atoms with E-state index in [-0.39, 0.29) is 23.0 Å². The second-order valence-corrected chi connectivity index (χ2v) is 6.93. The Morgan fingerprint density at radius 1 is 1.38 bits per heavy atom. The normalized spacial score (nSPS) is 13.3. The van der Waals surface area contributed by atoms with E-state index >= 15 is 0 Å². The van der Waals surface area contributed by atoms with Crippen LogP contribution in [0.3, 0.4) is 0 Å². The summed E-state index contributed by atoms with van der Waals surface area (Å²) in [5.41, 5.74) is 5.22. The van der Waals surface area contributed by atoms with Crippen LogP contribution in [0.25, 0.3) is 0 Å². The molecule has 1 unspecified atom stereocenters. The predicted octanol–water partition coefficient (Wildman–Crippen LogP) is 0.652. The summed E-state index contributed by atoms with van der Waals surface area (Å²) in [4.78, 5) is 10.7. The number of nitrogens with two attached hydrogens (primary N) is 1. The number of nitrogen functional groups attached to an aromatic ring is 1. The van der Waals surface area contributed by atoms with Gasteiger partial charge in [0.05, 0.1) is 16.6 Å². The van der Waals surface area contributed by atoms with E-state index in [2.05, 4.69) is 4.72 Å². The maximum absolute atomic E-state index is 12.1. The van der Waals surface area contributed by atoms with Crippen LogP contribution in [0.2, 0.25) is 0 Å². The molecule has 0 aliphatic carbocycles. The average molecular weight is 316 g/mol. The summed E-state index contributed by atoms with van der Waals surface area (Å²) >= 11 is 0. The SMILES string of the molecule is CC(C)CC(O)CNS(=O)(=O)c1ccc(N)cc1C(=O)O. The molecule has 0 fully saturated rings. The number of sulfonamides is 1. The Morgan fingerprint density at radius 3 is 2.52 bits per heavy atom. The molecule has 0 heterocycles. The van der Waals surface area contributed by atoms with Crippen LogP contribution in [0.4, 0.5) is 5.69 Å². The number of hydrogen-bond acceptors (Lipinski definition) is 5. The first-order valence-corrected chi connectivity index (χ1v) is 7.92. The van der Waals surface area contributed by atoms with E-state index in [1.54, 1.807) is 0 Å². The lowest BCUT2D eigenvalue weighted by Gasteiger charge is -2.15. The number of carboxylic acids is 1. The van der Waals surface area contributed by atoms with Gasteiger partial charge in [-0.25, -0.2) is 17.9 Å². The quantitative estimate of drug-likeness (QED) is 0.547. The van der Waals surface area contributed by atoms with Gasteiger partial charge in [0.2, 0.25) is 10.0 Å². The topological polar surface area (TPSA) is 130 Å². The molecule has 1 aromatic carbocycles. The standard InChI is InChI=1S/C13H20N2O5S/c1-8(2)5-10(16)7-15-21(19,20)12-4-3-9(14)6-11(12)13(17)18/h3-4,6,8,10,15-16H,5,7,14H2,1-2H3,(H,17,18). The molecule has 5 N–H and O–H groups in total. The zero-order chi connectivity index (χ0) is 16.2. The van der Waals surface area contributed by atoms with Crippen molar-refractivity contribution < 1.29 is 23.4 Å². The van der Waals surface area contributed by atoms with Crippen LogP contribution < -0.4 is 10.5 Å². The Balaban J connectivity index is 2.96. The summed E-state index contributed by atoms with van der Waals surface area (Å²) in [5, 5.41) is 18.7. The van der Waals surface area contributed by atoms with Crippen molar-refractivity contribution in [3.05, 3.63) is 23.8 Å². The Labute approximate surface area is 123 Å². The second-order valence-electron chi connectivity index (χ2n) is 5.20. The van der Waals surface area contributed by atoms with Gasteiger partial charge in [-0.15, -0.1) is 0 Å². The number of hydrogen-bond donors (Lipinski definition) is 4. The third-order valence-electron chi connectivity index (χ3n) is 2.78. The first kappa shape index (κ1) is 17.4. The minimum atomic E-state index is -4.03. The number of carboxylic acid groups (broad SMARTS) is 1. The molecule has 118 valence electrons. The van der Waals surface area contributed by atoms with Gasteiger partial charge in [-0.05, 0) is 30.5 Å². The first-order chi connectivity index (χ1) is 9.63. The molecule has 0 saturated carbocycles. The van der Waals surface area contributed by atoms with E-state index in [4.69, 9.17) is 10.8 Å². The molecule has 0 radical (unpaired) electrons. The zero-order valence-corrected chi connectivity index (χ0v) is 12.7. The fraction of sp³-hybridized carbons (Fsp3) is 0.462. The van der Waals surface area contributed by atoms with Crippen molar-refractivity contribution in [2.45, 2.75) is 31.3 Å². The number of aliphatic hydroxyl groups excluding tert-OH is 1. The predicted molar refractivity (Wildman–Crippen MR) is 78.5 cm³/mol. The minimum absolute atomic E-state index is 0.159. The second kappa shape index (κ2) is 6.88. The number of aromatic carboxylic acids is 1. The number of aliphatic hydroxyl groups is 1. The molecule has 1 aromatic rings. The van der Waals surface area contributed by atoms with Crippen LogP contribution >= 0.6 is 0 Å². The van der Waals surface area contributed by atoms with Crippen molar-refractivity contribution in [2.24, 2.45) is 5.92 Å². The molecule has 7 nitrogen and oxygen atoms in total. The molecular formula is C13H20N2O5S. The first-order valence-electron chi connectivity index (χ1n) is 6.44. The van der Waals surface area contributed by atoms with Gasteiger partial charge in [-0.2, -0.15) is 0 Å². The number of benzene rings is 1. The molecule has 0 amide bonds. The Kier molecular flexibility index (Phi) is 5.70. The van der Waals surface area contributed by atoms with Crippen molar-refractivity contribution in [3.8, 4) is 0 Å². The maximum Gasteiger partial charge on any atom is 0.337 e. The van der Waals surface area contributed by atoms with Gasteiger partial charge in [0.1, 0.15) is 0 Å². The van der Waals surface area contributed by atoms with Crippen LogP contribution in [0.15, 0.2) is 23.1 Å². The van der Waals surface area contributed by atoms with E-state index in [1.807, 2.05) is 13.8 Å². The number of carbonyl (C=O) groups is 1. The lowest BCUT2D eigenvalue weighted by molar-refractivity contribution is 0.0692. The van der Waals surface area contributed by atoms with Crippen LogP contribution in [-0.2, 0) is 10.0 Å². The summed E-state index contributed by atoms with van der Waals surface area (Å²) in [6.45, 7) is 3.63. The number of rotatable bonds is 7. The van der Waals surface area contributed by atoms with Gasteiger partial charge >= 0.3 is 5.97 Å². The summed E-state index contributed by atoms with van der Waals surface area (Å²) in [5.74, 6) is -1.17. The van der Waals surface area contributed by atoms with Crippen molar-refractivity contribution in [2.75, 3.05) is 12.3 Å². The highest BCUT2D eigenvalue weighted by Crippen LogP contribution is 2.19. The molecule has 0 aliphatic heterocycles. The molecule has 0 bridgehead atoms. The molecule has 0 saturated heterocycles. The molecule has 1 rings (SSSR count). The van der Waals surface area contributed by atoms with E-state index in [9.17, 15) is 18.3 Å². The van der Waals surface area contributed by atoms with Gasteiger partial charge in [0.25, 0.3) is 0 Å². The lowest BCUT2D eigenvalue weighted by atomic mass is 10.1. The monoisotopic (exact) mass is 316 g/mol. The van der Waals surface area contributed by atoms with E-state index in [0.29, 0.717) is 6.42 Å². The van der Waals surface area contributed by atoms with Crippen molar-refractivity contribution in [3.63, 3.8) is 0 Å². The fourth-order valence-corrected chi connectivity index (χ4v) is 3.11. The molecular weight excluding hydrogens is 296 g/mol. The minimum Gasteiger partial charge on any atom is -0.478 e. The van der Waals surface area contributed by atoms with Crippen LogP contribution in [-0.4, -0.2) is 37.2 Å². The lowest BCUT2D eigenvalue weighted by Crippen LogP contribution is -2.33. The molecule has 0 aromatic heterocycles. The van der Waals surface area contributed by atoms with E-state index in [0.717, 1.165) is 12.1 Å². The highest BCUT2D eigenvalue weighted by atomic mass is 32.2. The smallest absolute Gasteiger partial charge is 0.337 e. The molecule has 21 heavy (non-hydrogen) atoms. The summed E-state index contributed by atoms with van der Waals surface area (Å²) in [7, 11) is -4.03. The average Bonchev–Trinajstić information content (AvgIpc) is 2.35. The summed E-state index contributed by atoms with van der Waals surface area (Å²) in [6.07, 6.45) is -0.391. The zero-order valence-electron chi connectivity index (χ0n) is 11.9. The highest BCUT2D eigenvalue weighted by Gasteiger charge is 2.23. The third-order valence-corrected chi connectivity index (χ3v) is 4.26. The van der Waals surface area contributed by atoms with E-state index < -0.39 is 27.7 Å². The van der Waals surface area contributed by atoms with Gasteiger partial charge in [0.15, 0.2) is 0 Å². The third kappa shape index (κ3) is 5.00. The number of anilines is 1. The summed E-state index contributed by atoms with van der Waals surface area (Å²) < 4.78 is 26.5. The van der Waals surface area contributed by atoms with Gasteiger partial charge in [0, 0.05) is 12.2 Å². The largest absolute Gasteiger partial charge is 0.478 e. The fourth-order valence-electron chi connectivity index (χ4n) is 1.86. The Hall–Kier alpha value is -1.64. The van der Waals surface area contributed by atoms with Gasteiger partial charge in [-0.3, -0.25) is 0 Å². The molecule has 0 aliphatic rings. The maximum atomic E-state index is 12.1. The highest BCUT2D eigenvalue weighted by molar-refractivity contribution is 7.89. The molecule has 8 heteroatoms. The van der Waals surface area contributed by atoms with Crippen LogP contribution in [0.5, 0.6) is 0 Å². The van der Waals surface area contributed by atoms with Crippen molar-refractivity contribution in [1.82, 2.24) is 4.72 Å². The van der Waals surface area contributed by atoms with Gasteiger partial charge < -0.3 is 15.9 Å². The van der Waals surface area contributed by atoms with E-state index in [1.165, 1.54) is 6.07 Å². The molecule has 0 spiro atoms. The molecule has 1 atom stereocenters. The van der Waals surface area contributed by atoms with Crippen molar-refractivity contribution in [1.29, 1.82) is 0 Å². The summed E-state index contributed by atoms with van der Waals surface area (Å²) in [6, 6.07) is 3.53. The Morgan fingerprint density at radius 2 is 2.00 bits per heavy atom. The van der Waals surface area contributed by atoms with Crippen LogP contribution in [0, 0.1) is 5.92 Å². The van der Waals surface area contributed by atoms with Crippen LogP contribution in [0.1, 0.15) is 30.6 Å². The number of nitrogens with one attached hydrogen (secondary N) is 1.